The van der Waals surface area contributed by atoms with E-state index in [1.807, 2.05) is 13.0 Å². The van der Waals surface area contributed by atoms with Crippen LogP contribution in [-0.4, -0.2) is 29.0 Å². The van der Waals surface area contributed by atoms with E-state index in [-0.39, 0.29) is 0 Å². The van der Waals surface area contributed by atoms with Crippen LogP contribution in [0.4, 0.5) is 0 Å². The maximum atomic E-state index is 5.70. The van der Waals surface area contributed by atoms with Crippen molar-refractivity contribution >= 4 is 0 Å². The fraction of sp³-hybridized carbons (Fsp3) is 0.643. The van der Waals surface area contributed by atoms with Crippen LogP contribution < -0.4 is 5.73 Å². The van der Waals surface area contributed by atoms with Crippen LogP contribution in [0.25, 0.3) is 0 Å². The van der Waals surface area contributed by atoms with Crippen molar-refractivity contribution in [2.45, 2.75) is 46.2 Å². The highest BCUT2D eigenvalue weighted by Crippen LogP contribution is 2.12. The first-order valence-corrected chi connectivity index (χ1v) is 6.57. The number of nitrogens with zero attached hydrogens (tertiary/aromatic N) is 2. The Labute approximate surface area is 105 Å². The predicted molar refractivity (Wildman–Crippen MR) is 72.8 cm³/mol. The van der Waals surface area contributed by atoms with Crippen molar-refractivity contribution in [3.05, 3.63) is 29.6 Å². The van der Waals surface area contributed by atoms with Gasteiger partial charge < -0.3 is 5.73 Å². The highest BCUT2D eigenvalue weighted by atomic mass is 15.2. The number of aryl methyl sites for hydroxylation is 1. The largest absolute Gasteiger partial charge is 0.329 e. The van der Waals surface area contributed by atoms with Gasteiger partial charge in [-0.1, -0.05) is 19.9 Å². The summed E-state index contributed by atoms with van der Waals surface area (Å²) >= 11 is 0. The van der Waals surface area contributed by atoms with Gasteiger partial charge in [0.1, 0.15) is 0 Å². The van der Waals surface area contributed by atoms with Crippen LogP contribution in [0.3, 0.4) is 0 Å². The molecule has 0 amide bonds. The lowest BCUT2D eigenvalue weighted by molar-refractivity contribution is 0.180. The van der Waals surface area contributed by atoms with Crippen LogP contribution in [0.1, 0.15) is 38.1 Å². The Hall–Kier alpha value is -0.930. The third kappa shape index (κ3) is 4.44. The van der Waals surface area contributed by atoms with E-state index in [1.165, 1.54) is 12.8 Å². The van der Waals surface area contributed by atoms with Crippen LogP contribution in [0, 0.1) is 6.92 Å². The van der Waals surface area contributed by atoms with E-state index in [0.29, 0.717) is 12.6 Å². The zero-order valence-electron chi connectivity index (χ0n) is 11.3. The molecule has 0 unspecified atom stereocenters. The van der Waals surface area contributed by atoms with Gasteiger partial charge in [0.2, 0.25) is 0 Å². The quantitative estimate of drug-likeness (QED) is 0.788. The molecule has 0 saturated heterocycles. The molecule has 17 heavy (non-hydrogen) atoms. The average Bonchev–Trinajstić information content (AvgIpc) is 2.31. The van der Waals surface area contributed by atoms with E-state index in [2.05, 4.69) is 35.9 Å². The molecule has 0 saturated carbocycles. The summed E-state index contributed by atoms with van der Waals surface area (Å²) in [5.74, 6) is 0. The Morgan fingerprint density at radius 3 is 2.53 bits per heavy atom. The number of pyridine rings is 1. The molecule has 1 aromatic heterocycles. The van der Waals surface area contributed by atoms with E-state index in [1.54, 1.807) is 0 Å². The lowest BCUT2D eigenvalue weighted by Gasteiger charge is -2.29. The Balaban J connectivity index is 2.71. The van der Waals surface area contributed by atoms with Crippen molar-refractivity contribution in [1.29, 1.82) is 0 Å². The monoisotopic (exact) mass is 235 g/mol. The summed E-state index contributed by atoms with van der Waals surface area (Å²) in [6, 6.07) is 6.82. The van der Waals surface area contributed by atoms with Crippen molar-refractivity contribution in [1.82, 2.24) is 9.88 Å². The van der Waals surface area contributed by atoms with Crippen LogP contribution in [-0.2, 0) is 6.54 Å². The van der Waals surface area contributed by atoms with Crippen molar-refractivity contribution in [3.63, 3.8) is 0 Å². The Morgan fingerprint density at radius 2 is 2.00 bits per heavy atom. The van der Waals surface area contributed by atoms with Gasteiger partial charge in [0.05, 0.1) is 5.69 Å². The Morgan fingerprint density at radius 1 is 1.29 bits per heavy atom. The van der Waals surface area contributed by atoms with E-state index >= 15 is 0 Å². The third-order valence-corrected chi connectivity index (χ3v) is 3.19. The molecule has 1 aromatic rings. The number of rotatable bonds is 7. The number of hydrogen-bond donors (Lipinski definition) is 1. The van der Waals surface area contributed by atoms with Crippen molar-refractivity contribution < 1.29 is 0 Å². The van der Waals surface area contributed by atoms with E-state index in [4.69, 9.17) is 5.73 Å². The summed E-state index contributed by atoms with van der Waals surface area (Å²) in [5.41, 5.74) is 7.93. The van der Waals surface area contributed by atoms with Gasteiger partial charge >= 0.3 is 0 Å². The van der Waals surface area contributed by atoms with E-state index < -0.39 is 0 Å². The first-order valence-electron chi connectivity index (χ1n) is 6.57. The topological polar surface area (TPSA) is 42.1 Å². The smallest absolute Gasteiger partial charge is 0.0547 e. The van der Waals surface area contributed by atoms with Gasteiger partial charge in [0.15, 0.2) is 0 Å². The first-order chi connectivity index (χ1) is 8.21. The predicted octanol–water partition coefficient (Wildman–Crippen LogP) is 2.34. The van der Waals surface area contributed by atoms with Gasteiger partial charge in [-0.25, -0.2) is 0 Å². The van der Waals surface area contributed by atoms with Crippen LogP contribution in [0.2, 0.25) is 0 Å². The molecular formula is C14H25N3. The molecule has 0 aliphatic carbocycles. The van der Waals surface area contributed by atoms with Gasteiger partial charge in [-0.3, -0.25) is 9.88 Å². The molecule has 1 heterocycles. The zero-order chi connectivity index (χ0) is 12.7. The lowest BCUT2D eigenvalue weighted by Crippen LogP contribution is -2.37. The zero-order valence-corrected chi connectivity index (χ0v) is 11.3. The molecule has 0 bridgehead atoms. The first kappa shape index (κ1) is 14.1. The molecule has 0 fully saturated rings. The fourth-order valence-corrected chi connectivity index (χ4v) is 2.26. The molecule has 1 rings (SSSR count). The summed E-state index contributed by atoms with van der Waals surface area (Å²) in [6.45, 7) is 9.08. The second-order valence-corrected chi connectivity index (χ2v) is 4.50. The molecule has 3 nitrogen and oxygen atoms in total. The molecule has 0 aromatic carbocycles. The van der Waals surface area contributed by atoms with E-state index in [9.17, 15) is 0 Å². The average molecular weight is 235 g/mol. The lowest BCUT2D eigenvalue weighted by atomic mass is 10.1. The van der Waals surface area contributed by atoms with Crippen molar-refractivity contribution in [2.75, 3.05) is 13.1 Å². The normalized spacial score (nSPS) is 11.4. The second-order valence-electron chi connectivity index (χ2n) is 4.50. The van der Waals surface area contributed by atoms with Gasteiger partial charge in [-0.05, 0) is 31.9 Å². The molecule has 0 radical (unpaired) electrons. The van der Waals surface area contributed by atoms with Gasteiger partial charge in [-0.2, -0.15) is 0 Å². The molecule has 0 atom stereocenters. The fourth-order valence-electron chi connectivity index (χ4n) is 2.26. The highest BCUT2D eigenvalue weighted by Gasteiger charge is 2.14. The van der Waals surface area contributed by atoms with Crippen LogP contribution in [0.5, 0.6) is 0 Å². The summed E-state index contributed by atoms with van der Waals surface area (Å²) in [4.78, 5) is 7.01. The second kappa shape index (κ2) is 7.41. The molecule has 2 N–H and O–H groups in total. The number of aromatic nitrogens is 1. The number of hydrogen-bond acceptors (Lipinski definition) is 3. The maximum Gasteiger partial charge on any atom is 0.0547 e. The SMILES string of the molecule is CCC(CC)N(CCN)Cc1cccc(C)n1. The van der Waals surface area contributed by atoms with Gasteiger partial charge in [0.25, 0.3) is 0 Å². The maximum absolute atomic E-state index is 5.70. The van der Waals surface area contributed by atoms with Crippen molar-refractivity contribution in [3.8, 4) is 0 Å². The highest BCUT2D eigenvalue weighted by molar-refractivity contribution is 5.09. The molecule has 3 heteroatoms. The van der Waals surface area contributed by atoms with Gasteiger partial charge in [0, 0.05) is 31.4 Å². The third-order valence-electron chi connectivity index (χ3n) is 3.19. The molecule has 96 valence electrons. The molecule has 0 aliphatic rings. The minimum Gasteiger partial charge on any atom is -0.329 e. The Kier molecular flexibility index (Phi) is 6.16. The number of nitrogens with two attached hydrogens (primary N) is 1. The molecule has 0 aliphatic heterocycles. The summed E-state index contributed by atoms with van der Waals surface area (Å²) < 4.78 is 0. The summed E-state index contributed by atoms with van der Waals surface area (Å²) in [5, 5.41) is 0. The van der Waals surface area contributed by atoms with Crippen LogP contribution >= 0.6 is 0 Å². The molecule has 0 spiro atoms. The van der Waals surface area contributed by atoms with Crippen LogP contribution in [0.15, 0.2) is 18.2 Å². The van der Waals surface area contributed by atoms with E-state index in [0.717, 1.165) is 24.5 Å². The minimum absolute atomic E-state index is 0.612. The summed E-state index contributed by atoms with van der Waals surface area (Å²) in [7, 11) is 0. The van der Waals surface area contributed by atoms with Crippen molar-refractivity contribution in [2.24, 2.45) is 5.73 Å². The summed E-state index contributed by atoms with van der Waals surface area (Å²) in [6.07, 6.45) is 2.34. The minimum atomic E-state index is 0.612. The standard InChI is InChI=1S/C14H25N3/c1-4-14(5-2)17(10-9-15)11-13-8-6-7-12(3)16-13/h6-8,14H,4-5,9-11,15H2,1-3H3. The Bertz CT molecular complexity index is 321. The van der Waals surface area contributed by atoms with Gasteiger partial charge in [-0.15, -0.1) is 0 Å². The molecular weight excluding hydrogens is 210 g/mol.